The zero-order valence-corrected chi connectivity index (χ0v) is 19.2. The molecule has 0 radical (unpaired) electrons. The Bertz CT molecular complexity index is 1240. The molecule has 5 rings (SSSR count). The Morgan fingerprint density at radius 1 is 1.09 bits per heavy atom. The van der Waals surface area contributed by atoms with Crippen molar-refractivity contribution in [2.75, 3.05) is 13.1 Å². The van der Waals surface area contributed by atoms with E-state index in [2.05, 4.69) is 16.4 Å². The lowest BCUT2D eigenvalue weighted by molar-refractivity contribution is -0.140. The molecule has 10 heteroatoms. The Kier molecular flexibility index (Phi) is 6.56. The molecular formula is C25H26F2N4O4. The molecule has 1 aliphatic carbocycles. The van der Waals surface area contributed by atoms with Gasteiger partial charge in [-0.1, -0.05) is 0 Å². The molecule has 2 aliphatic rings. The number of fused-ring (bicyclic) bond motifs is 1. The van der Waals surface area contributed by atoms with Crippen LogP contribution in [0.15, 0.2) is 48.8 Å². The van der Waals surface area contributed by atoms with Gasteiger partial charge < -0.3 is 19.9 Å². The van der Waals surface area contributed by atoms with Crippen molar-refractivity contribution in [2.24, 2.45) is 0 Å². The molecule has 2 fully saturated rings. The number of hydrogen-bond acceptors (Lipinski definition) is 4. The molecule has 3 aromatic rings. The van der Waals surface area contributed by atoms with E-state index in [1.54, 1.807) is 12.1 Å². The summed E-state index contributed by atoms with van der Waals surface area (Å²) < 4.78 is 26.7. The number of carboxylic acid groups (broad SMARTS) is 1. The van der Waals surface area contributed by atoms with Gasteiger partial charge >= 0.3 is 5.97 Å². The SMILES string of the molecule is Cc1cnc2c(ccn2-c2ccc(C(=O)NC3(C(=O)O)CC3)cc2)c1.O=CN1CCC(F)(F)CC1. The normalized spacial score (nSPS) is 17.7. The van der Waals surface area contributed by atoms with Crippen molar-refractivity contribution in [3.8, 4) is 5.69 Å². The molecule has 1 saturated heterocycles. The first-order chi connectivity index (χ1) is 16.6. The third-order valence-electron chi connectivity index (χ3n) is 6.26. The van der Waals surface area contributed by atoms with Gasteiger partial charge in [-0.2, -0.15) is 0 Å². The van der Waals surface area contributed by atoms with Gasteiger partial charge in [0.25, 0.3) is 11.8 Å². The molecule has 2 N–H and O–H groups in total. The van der Waals surface area contributed by atoms with Gasteiger partial charge in [0.05, 0.1) is 0 Å². The van der Waals surface area contributed by atoms with Crippen molar-refractivity contribution in [3.63, 3.8) is 0 Å². The van der Waals surface area contributed by atoms with Crippen molar-refractivity contribution in [1.29, 1.82) is 0 Å². The monoisotopic (exact) mass is 484 g/mol. The summed E-state index contributed by atoms with van der Waals surface area (Å²) in [4.78, 5) is 39.3. The first-order valence-corrected chi connectivity index (χ1v) is 11.3. The third-order valence-corrected chi connectivity index (χ3v) is 6.26. The minimum absolute atomic E-state index is 0.189. The molecule has 1 aromatic carbocycles. The number of nitrogens with zero attached hydrogens (tertiary/aromatic N) is 3. The average Bonchev–Trinajstić information content (AvgIpc) is 3.50. The Hall–Kier alpha value is -3.82. The molecule has 0 atom stereocenters. The van der Waals surface area contributed by atoms with Gasteiger partial charge in [-0.3, -0.25) is 9.59 Å². The maximum atomic E-state index is 12.4. The van der Waals surface area contributed by atoms with Gasteiger partial charge in [-0.25, -0.2) is 18.6 Å². The summed E-state index contributed by atoms with van der Waals surface area (Å²) in [6.45, 7) is 2.38. The number of nitrogens with one attached hydrogen (secondary N) is 1. The summed E-state index contributed by atoms with van der Waals surface area (Å²) in [5, 5.41) is 12.8. The van der Waals surface area contributed by atoms with Crippen molar-refractivity contribution in [2.45, 2.75) is 44.1 Å². The van der Waals surface area contributed by atoms with Crippen molar-refractivity contribution >= 4 is 29.3 Å². The predicted octanol–water partition coefficient (Wildman–Crippen LogP) is 3.55. The number of likely N-dealkylation sites (tertiary alicyclic amines) is 1. The highest BCUT2D eigenvalue weighted by Crippen LogP contribution is 2.35. The van der Waals surface area contributed by atoms with Crippen LogP contribution in [0, 0.1) is 6.92 Å². The quantitative estimate of drug-likeness (QED) is 0.539. The molecule has 2 aromatic heterocycles. The standard InChI is InChI=1S/C19H17N3O3.C6H9F2NO/c1-12-10-14-6-9-22(16(14)20-11-12)15-4-2-13(3-5-15)17(23)21-19(7-8-19)18(24)25;7-6(8)1-3-9(5-10)4-2-6/h2-6,9-11H,7-8H2,1H3,(H,21,23)(H,24,25);5H,1-4H2. The summed E-state index contributed by atoms with van der Waals surface area (Å²) in [7, 11) is 0. The number of amides is 2. The second-order valence-corrected chi connectivity index (χ2v) is 9.00. The highest BCUT2D eigenvalue weighted by Gasteiger charge is 2.51. The number of aryl methyl sites for hydroxylation is 1. The molecule has 3 heterocycles. The Labute approximate surface area is 200 Å². The molecular weight excluding hydrogens is 458 g/mol. The highest BCUT2D eigenvalue weighted by molar-refractivity contribution is 5.99. The molecule has 1 aliphatic heterocycles. The highest BCUT2D eigenvalue weighted by atomic mass is 19.3. The molecule has 0 unspecified atom stereocenters. The van der Waals surface area contributed by atoms with Gasteiger partial charge in [0.15, 0.2) is 0 Å². The smallest absolute Gasteiger partial charge is 0.329 e. The van der Waals surface area contributed by atoms with Crippen LogP contribution in [-0.4, -0.2) is 62.4 Å². The number of aromatic nitrogens is 2. The van der Waals surface area contributed by atoms with E-state index in [1.165, 1.54) is 4.90 Å². The van der Waals surface area contributed by atoms with Crippen LogP contribution >= 0.6 is 0 Å². The van der Waals surface area contributed by atoms with Gasteiger partial charge in [0, 0.05) is 55.0 Å². The zero-order valence-electron chi connectivity index (χ0n) is 19.2. The maximum Gasteiger partial charge on any atom is 0.329 e. The number of halogens is 2. The van der Waals surface area contributed by atoms with Crippen LogP contribution in [0.4, 0.5) is 8.78 Å². The molecule has 184 valence electrons. The van der Waals surface area contributed by atoms with Crippen LogP contribution in [0.1, 0.15) is 41.6 Å². The van der Waals surface area contributed by atoms with Crippen LogP contribution in [0.25, 0.3) is 16.7 Å². The molecule has 0 bridgehead atoms. The lowest BCUT2D eigenvalue weighted by atomic mass is 10.1. The fraction of sp³-hybridized carbons (Fsp3) is 0.360. The number of piperidine rings is 1. The topological polar surface area (TPSA) is 105 Å². The summed E-state index contributed by atoms with van der Waals surface area (Å²) in [5.74, 6) is -3.88. The largest absolute Gasteiger partial charge is 0.480 e. The van der Waals surface area contributed by atoms with Crippen LogP contribution < -0.4 is 5.32 Å². The Morgan fingerprint density at radius 3 is 2.31 bits per heavy atom. The zero-order chi connectivity index (χ0) is 25.2. The summed E-state index contributed by atoms with van der Waals surface area (Å²) in [6.07, 6.45) is 4.96. The van der Waals surface area contributed by atoms with Gasteiger partial charge in [0.1, 0.15) is 11.2 Å². The van der Waals surface area contributed by atoms with Crippen LogP contribution in [0.2, 0.25) is 0 Å². The minimum atomic E-state index is -2.54. The van der Waals surface area contributed by atoms with E-state index in [4.69, 9.17) is 5.11 Å². The van der Waals surface area contributed by atoms with Crippen LogP contribution in [0.3, 0.4) is 0 Å². The number of hydrogen-bond donors (Lipinski definition) is 2. The van der Waals surface area contributed by atoms with E-state index in [-0.39, 0.29) is 31.8 Å². The van der Waals surface area contributed by atoms with Gasteiger partial charge in [-0.15, -0.1) is 0 Å². The number of alkyl halides is 2. The number of aliphatic carboxylic acids is 1. The van der Waals surface area contributed by atoms with E-state index in [0.29, 0.717) is 24.8 Å². The van der Waals surface area contributed by atoms with Gasteiger partial charge in [-0.05, 0) is 61.7 Å². The second kappa shape index (κ2) is 9.44. The predicted molar refractivity (Wildman–Crippen MR) is 125 cm³/mol. The lowest BCUT2D eigenvalue weighted by Gasteiger charge is -2.28. The Morgan fingerprint density at radius 2 is 1.74 bits per heavy atom. The first kappa shape index (κ1) is 24.3. The number of carbonyl (C=O) groups is 3. The summed E-state index contributed by atoms with van der Waals surface area (Å²) >= 11 is 0. The van der Waals surface area contributed by atoms with E-state index in [9.17, 15) is 23.2 Å². The van der Waals surface area contributed by atoms with Crippen LogP contribution in [0.5, 0.6) is 0 Å². The molecule has 8 nitrogen and oxygen atoms in total. The fourth-order valence-corrected chi connectivity index (χ4v) is 3.88. The van der Waals surface area contributed by atoms with E-state index in [0.717, 1.165) is 22.3 Å². The number of carboxylic acids is 1. The summed E-state index contributed by atoms with van der Waals surface area (Å²) in [6, 6.07) is 11.1. The van der Waals surface area contributed by atoms with Crippen molar-refractivity contribution < 1.29 is 28.3 Å². The van der Waals surface area contributed by atoms with Crippen molar-refractivity contribution in [3.05, 3.63) is 59.9 Å². The fourth-order valence-electron chi connectivity index (χ4n) is 3.88. The van der Waals surface area contributed by atoms with E-state index in [1.807, 2.05) is 42.1 Å². The number of pyridine rings is 1. The summed E-state index contributed by atoms with van der Waals surface area (Å²) in [5.41, 5.74) is 2.21. The second-order valence-electron chi connectivity index (χ2n) is 9.00. The number of benzene rings is 1. The number of carbonyl (C=O) groups excluding carboxylic acids is 2. The molecule has 1 saturated carbocycles. The number of rotatable bonds is 5. The van der Waals surface area contributed by atoms with Gasteiger partial charge in [0.2, 0.25) is 6.41 Å². The first-order valence-electron chi connectivity index (χ1n) is 11.3. The van der Waals surface area contributed by atoms with Crippen LogP contribution in [-0.2, 0) is 9.59 Å². The third kappa shape index (κ3) is 5.47. The maximum absolute atomic E-state index is 12.4. The molecule has 0 spiro atoms. The molecule has 2 amide bonds. The van der Waals surface area contributed by atoms with E-state index < -0.39 is 17.4 Å². The van der Waals surface area contributed by atoms with E-state index >= 15 is 0 Å². The average molecular weight is 485 g/mol. The van der Waals surface area contributed by atoms with Crippen molar-refractivity contribution in [1.82, 2.24) is 19.8 Å². The lowest BCUT2D eigenvalue weighted by Crippen LogP contribution is -2.43. The minimum Gasteiger partial charge on any atom is -0.480 e. The molecule has 35 heavy (non-hydrogen) atoms. The Balaban J connectivity index is 0.000000243.